The number of unbranched alkanes of at least 4 members (excludes halogenated alkanes) is 1. The number of hydrogen-bond acceptors (Lipinski definition) is 3. The van der Waals surface area contributed by atoms with Crippen molar-refractivity contribution < 1.29 is 14.3 Å². The Hall–Kier alpha value is -0.860. The predicted octanol–water partition coefficient (Wildman–Crippen LogP) is 2.58. The summed E-state index contributed by atoms with van der Waals surface area (Å²) in [6, 6.07) is 0. The Morgan fingerprint density at radius 2 is 1.87 bits per heavy atom. The van der Waals surface area contributed by atoms with Crippen LogP contribution in [0, 0.1) is 11.8 Å². The summed E-state index contributed by atoms with van der Waals surface area (Å²) in [6.45, 7) is 7.94. The summed E-state index contributed by atoms with van der Waals surface area (Å²) in [6.07, 6.45) is 2.11. The zero-order valence-electron chi connectivity index (χ0n) is 10.2. The Bertz CT molecular complexity index is 209. The van der Waals surface area contributed by atoms with E-state index in [1.807, 2.05) is 20.8 Å². The molecule has 0 radical (unpaired) electrons. The molecule has 15 heavy (non-hydrogen) atoms. The van der Waals surface area contributed by atoms with Crippen molar-refractivity contribution in [1.82, 2.24) is 0 Å². The first-order chi connectivity index (χ1) is 6.99. The molecule has 0 rings (SSSR count). The van der Waals surface area contributed by atoms with E-state index in [1.165, 1.54) is 6.92 Å². The minimum Gasteiger partial charge on any atom is -0.466 e. The molecule has 0 aliphatic heterocycles. The fourth-order valence-corrected chi connectivity index (χ4v) is 1.42. The molecule has 1 atom stereocenters. The number of carbonyl (C=O) groups excluding carboxylic acids is 2. The summed E-state index contributed by atoms with van der Waals surface area (Å²) in [5.41, 5.74) is 0. The molecule has 0 bridgehead atoms. The second kappa shape index (κ2) is 7.43. The Morgan fingerprint density at radius 3 is 2.27 bits per heavy atom. The van der Waals surface area contributed by atoms with Crippen LogP contribution in [0.5, 0.6) is 0 Å². The third-order valence-corrected chi connectivity index (χ3v) is 2.47. The molecular weight excluding hydrogens is 192 g/mol. The average Bonchev–Trinajstić information content (AvgIpc) is 2.13. The van der Waals surface area contributed by atoms with E-state index < -0.39 is 0 Å². The van der Waals surface area contributed by atoms with E-state index in [0.29, 0.717) is 6.61 Å². The van der Waals surface area contributed by atoms with Crippen LogP contribution < -0.4 is 0 Å². The number of Topliss-reactive ketones (excluding diaryl/α,β-unsaturated/α-hetero) is 1. The molecule has 3 heteroatoms. The van der Waals surface area contributed by atoms with Gasteiger partial charge < -0.3 is 4.74 Å². The van der Waals surface area contributed by atoms with Crippen LogP contribution in [-0.4, -0.2) is 18.4 Å². The van der Waals surface area contributed by atoms with Crippen molar-refractivity contribution in [2.24, 2.45) is 11.8 Å². The predicted molar refractivity (Wildman–Crippen MR) is 59.5 cm³/mol. The molecule has 1 unspecified atom stereocenters. The molecule has 0 aliphatic carbocycles. The van der Waals surface area contributed by atoms with Gasteiger partial charge in [0, 0.05) is 5.92 Å². The highest BCUT2D eigenvalue weighted by Crippen LogP contribution is 2.16. The van der Waals surface area contributed by atoms with Gasteiger partial charge in [-0.3, -0.25) is 9.59 Å². The van der Waals surface area contributed by atoms with Crippen molar-refractivity contribution in [3.63, 3.8) is 0 Å². The third-order valence-electron chi connectivity index (χ3n) is 2.47. The topological polar surface area (TPSA) is 43.4 Å². The lowest BCUT2D eigenvalue weighted by Gasteiger charge is -2.16. The third kappa shape index (κ3) is 6.26. The molecule has 0 N–H and O–H groups in total. The molecule has 0 amide bonds. The number of rotatable bonds is 7. The van der Waals surface area contributed by atoms with Gasteiger partial charge in [0.2, 0.25) is 0 Å². The van der Waals surface area contributed by atoms with E-state index >= 15 is 0 Å². The summed E-state index contributed by atoms with van der Waals surface area (Å²) < 4.78 is 5.02. The largest absolute Gasteiger partial charge is 0.466 e. The molecular formula is C12H22O3. The number of ketones is 1. The lowest BCUT2D eigenvalue weighted by Crippen LogP contribution is -2.22. The normalized spacial score (nSPS) is 12.6. The molecule has 0 saturated heterocycles. The molecule has 88 valence electrons. The van der Waals surface area contributed by atoms with E-state index in [2.05, 4.69) is 0 Å². The smallest absolute Gasteiger partial charge is 0.306 e. The zero-order valence-corrected chi connectivity index (χ0v) is 10.2. The van der Waals surface area contributed by atoms with Crippen LogP contribution in [0.1, 0.15) is 47.0 Å². The quantitative estimate of drug-likeness (QED) is 0.483. The standard InChI is InChI=1S/C12H22O3/c1-5-6-7-15-12(14)8-11(9(2)3)10(4)13/h9,11H,5-8H2,1-4H3. The lowest BCUT2D eigenvalue weighted by atomic mass is 9.89. The van der Waals surface area contributed by atoms with Crippen LogP contribution in [0.4, 0.5) is 0 Å². The molecule has 0 aromatic heterocycles. The van der Waals surface area contributed by atoms with E-state index in [9.17, 15) is 9.59 Å². The first-order valence-electron chi connectivity index (χ1n) is 5.65. The van der Waals surface area contributed by atoms with Gasteiger partial charge in [0.05, 0.1) is 13.0 Å². The van der Waals surface area contributed by atoms with Gasteiger partial charge in [-0.15, -0.1) is 0 Å². The van der Waals surface area contributed by atoms with E-state index in [0.717, 1.165) is 12.8 Å². The monoisotopic (exact) mass is 214 g/mol. The number of carbonyl (C=O) groups is 2. The van der Waals surface area contributed by atoms with Crippen molar-refractivity contribution in [2.75, 3.05) is 6.61 Å². The van der Waals surface area contributed by atoms with Crippen LogP contribution in [-0.2, 0) is 14.3 Å². The van der Waals surface area contributed by atoms with E-state index in [-0.39, 0.29) is 30.0 Å². The highest BCUT2D eigenvalue weighted by molar-refractivity contribution is 5.83. The van der Waals surface area contributed by atoms with Gasteiger partial charge >= 0.3 is 5.97 Å². The van der Waals surface area contributed by atoms with Gasteiger partial charge in [0.1, 0.15) is 5.78 Å². The molecule has 0 saturated carbocycles. The fraction of sp³-hybridized carbons (Fsp3) is 0.833. The van der Waals surface area contributed by atoms with Gasteiger partial charge in [0.25, 0.3) is 0 Å². The van der Waals surface area contributed by atoms with Crippen molar-refractivity contribution in [2.45, 2.75) is 47.0 Å². The molecule has 0 heterocycles. The first kappa shape index (κ1) is 14.1. The van der Waals surface area contributed by atoms with Crippen molar-refractivity contribution in [1.29, 1.82) is 0 Å². The minimum atomic E-state index is -0.252. The van der Waals surface area contributed by atoms with E-state index in [1.54, 1.807) is 0 Å². The summed E-state index contributed by atoms with van der Waals surface area (Å²) >= 11 is 0. The maximum absolute atomic E-state index is 11.4. The maximum atomic E-state index is 11.4. The van der Waals surface area contributed by atoms with Crippen LogP contribution in [0.15, 0.2) is 0 Å². The second-order valence-corrected chi connectivity index (χ2v) is 4.24. The molecule has 3 nitrogen and oxygen atoms in total. The van der Waals surface area contributed by atoms with Gasteiger partial charge in [-0.05, 0) is 19.3 Å². The Kier molecular flexibility index (Phi) is 7.01. The van der Waals surface area contributed by atoms with Gasteiger partial charge in [0.15, 0.2) is 0 Å². The van der Waals surface area contributed by atoms with Crippen molar-refractivity contribution in [3.8, 4) is 0 Å². The number of ether oxygens (including phenoxy) is 1. The fourth-order valence-electron chi connectivity index (χ4n) is 1.42. The van der Waals surface area contributed by atoms with Crippen LogP contribution >= 0.6 is 0 Å². The number of esters is 1. The van der Waals surface area contributed by atoms with Gasteiger partial charge in [-0.1, -0.05) is 27.2 Å². The highest BCUT2D eigenvalue weighted by atomic mass is 16.5. The Morgan fingerprint density at radius 1 is 1.27 bits per heavy atom. The average molecular weight is 214 g/mol. The minimum absolute atomic E-state index is 0.0671. The van der Waals surface area contributed by atoms with Crippen molar-refractivity contribution in [3.05, 3.63) is 0 Å². The highest BCUT2D eigenvalue weighted by Gasteiger charge is 2.22. The maximum Gasteiger partial charge on any atom is 0.306 e. The van der Waals surface area contributed by atoms with Gasteiger partial charge in [-0.25, -0.2) is 0 Å². The molecule has 0 spiro atoms. The molecule has 0 aromatic carbocycles. The number of hydrogen-bond donors (Lipinski definition) is 0. The Balaban J connectivity index is 3.95. The summed E-state index contributed by atoms with van der Waals surface area (Å²) in [7, 11) is 0. The second-order valence-electron chi connectivity index (χ2n) is 4.24. The molecule has 0 aromatic rings. The van der Waals surface area contributed by atoms with Crippen LogP contribution in [0.2, 0.25) is 0 Å². The summed E-state index contributed by atoms with van der Waals surface area (Å²) in [4.78, 5) is 22.6. The summed E-state index contributed by atoms with van der Waals surface area (Å²) in [5, 5.41) is 0. The van der Waals surface area contributed by atoms with Gasteiger partial charge in [-0.2, -0.15) is 0 Å². The Labute approximate surface area is 92.2 Å². The SMILES string of the molecule is CCCCOC(=O)CC(C(C)=O)C(C)C. The zero-order chi connectivity index (χ0) is 11.8. The van der Waals surface area contributed by atoms with Crippen LogP contribution in [0.3, 0.4) is 0 Å². The summed E-state index contributed by atoms with van der Waals surface area (Å²) in [5.74, 6) is -0.185. The first-order valence-corrected chi connectivity index (χ1v) is 5.65. The van der Waals surface area contributed by atoms with Crippen LogP contribution in [0.25, 0.3) is 0 Å². The van der Waals surface area contributed by atoms with Crippen molar-refractivity contribution >= 4 is 11.8 Å². The molecule has 0 aliphatic rings. The molecule has 0 fully saturated rings. The van der Waals surface area contributed by atoms with E-state index in [4.69, 9.17) is 4.74 Å². The lowest BCUT2D eigenvalue weighted by molar-refractivity contribution is -0.147.